The van der Waals surface area contributed by atoms with Crippen LogP contribution in [0.1, 0.15) is 42.2 Å². The van der Waals surface area contributed by atoms with E-state index in [1.807, 2.05) is 16.8 Å². The van der Waals surface area contributed by atoms with Gasteiger partial charge in [-0.2, -0.15) is 5.10 Å². The minimum absolute atomic E-state index is 0.433. The fraction of sp³-hybridized carbons (Fsp3) is 0.400. The highest BCUT2D eigenvalue weighted by Crippen LogP contribution is 2.14. The van der Waals surface area contributed by atoms with Gasteiger partial charge in [0.25, 0.3) is 0 Å². The number of nitrogens with two attached hydrogens (primary N) is 1. The number of thiocarbonyl (C=S) groups is 1. The highest BCUT2D eigenvalue weighted by atomic mass is 32.1. The fourth-order valence-electron chi connectivity index (χ4n) is 2.15. The van der Waals surface area contributed by atoms with E-state index in [1.54, 1.807) is 0 Å². The molecule has 0 saturated carbocycles. The Hall–Kier alpha value is -1.75. The van der Waals surface area contributed by atoms with Crippen molar-refractivity contribution in [1.29, 1.82) is 0 Å². The van der Waals surface area contributed by atoms with Crippen molar-refractivity contribution in [2.75, 3.05) is 0 Å². The molecule has 1 heterocycles. The molecule has 2 aromatic rings. The summed E-state index contributed by atoms with van der Waals surface area (Å²) in [5.41, 5.74) is 8.95. The van der Waals surface area contributed by atoms with Gasteiger partial charge in [0, 0.05) is 18.4 Å². The minimum atomic E-state index is 0.433. The van der Waals surface area contributed by atoms with Crippen molar-refractivity contribution in [2.45, 2.75) is 40.2 Å². The molecular weight excluding hydrogens is 268 g/mol. The zero-order valence-electron chi connectivity index (χ0n) is 12.2. The number of hydrogen-bond donors (Lipinski definition) is 1. The summed E-state index contributed by atoms with van der Waals surface area (Å²) in [7, 11) is 0. The highest BCUT2D eigenvalue weighted by molar-refractivity contribution is 7.80. The Morgan fingerprint density at radius 3 is 2.60 bits per heavy atom. The van der Waals surface area contributed by atoms with E-state index < -0.39 is 0 Å². The van der Waals surface area contributed by atoms with Gasteiger partial charge in [0.15, 0.2) is 5.82 Å². The smallest absolute Gasteiger partial charge is 0.150 e. The summed E-state index contributed by atoms with van der Waals surface area (Å²) >= 11 is 5.00. The molecule has 0 radical (unpaired) electrons. The molecule has 0 aliphatic heterocycles. The van der Waals surface area contributed by atoms with Gasteiger partial charge >= 0.3 is 0 Å². The monoisotopic (exact) mass is 288 g/mol. The third-order valence-electron chi connectivity index (χ3n) is 3.37. The molecule has 2 N–H and O–H groups in total. The van der Waals surface area contributed by atoms with Gasteiger partial charge in [0.05, 0.1) is 6.54 Å². The van der Waals surface area contributed by atoms with Crippen molar-refractivity contribution >= 4 is 17.2 Å². The van der Waals surface area contributed by atoms with E-state index in [4.69, 9.17) is 18.0 Å². The van der Waals surface area contributed by atoms with E-state index in [0.29, 0.717) is 4.99 Å². The number of benzene rings is 1. The van der Waals surface area contributed by atoms with Crippen molar-refractivity contribution in [3.8, 4) is 0 Å². The van der Waals surface area contributed by atoms with Crippen LogP contribution in [-0.4, -0.2) is 19.8 Å². The molecule has 1 aromatic heterocycles. The van der Waals surface area contributed by atoms with Crippen molar-refractivity contribution in [2.24, 2.45) is 5.73 Å². The number of aromatic nitrogens is 3. The largest absolute Gasteiger partial charge is 0.389 e. The molecule has 0 spiro atoms. The number of hydrogen-bond acceptors (Lipinski definition) is 3. The second-order valence-corrected chi connectivity index (χ2v) is 5.25. The summed E-state index contributed by atoms with van der Waals surface area (Å²) in [6, 6.07) is 6.06. The Labute approximate surface area is 125 Å². The molecule has 0 fully saturated rings. The van der Waals surface area contributed by atoms with Gasteiger partial charge in [-0.3, -0.25) is 0 Å². The van der Waals surface area contributed by atoms with Gasteiger partial charge < -0.3 is 5.73 Å². The fourth-order valence-corrected chi connectivity index (χ4v) is 2.28. The van der Waals surface area contributed by atoms with Crippen LogP contribution in [0.2, 0.25) is 0 Å². The average molecular weight is 288 g/mol. The first-order valence-electron chi connectivity index (χ1n) is 6.87. The average Bonchev–Trinajstić information content (AvgIpc) is 2.83. The van der Waals surface area contributed by atoms with Crippen LogP contribution in [0.3, 0.4) is 0 Å². The van der Waals surface area contributed by atoms with Crippen molar-refractivity contribution in [3.63, 3.8) is 0 Å². The van der Waals surface area contributed by atoms with Crippen LogP contribution in [-0.2, 0) is 19.4 Å². The van der Waals surface area contributed by atoms with Gasteiger partial charge in [-0.1, -0.05) is 38.2 Å². The molecule has 0 unspecified atom stereocenters. The third kappa shape index (κ3) is 3.04. The van der Waals surface area contributed by atoms with Gasteiger partial charge in [-0.05, 0) is 24.1 Å². The van der Waals surface area contributed by atoms with Crippen LogP contribution in [0.25, 0.3) is 0 Å². The first-order chi connectivity index (χ1) is 9.55. The molecule has 1 aromatic carbocycles. The van der Waals surface area contributed by atoms with E-state index in [-0.39, 0.29) is 0 Å². The van der Waals surface area contributed by atoms with Crippen LogP contribution in [0.4, 0.5) is 0 Å². The molecule has 20 heavy (non-hydrogen) atoms. The Kier molecular flexibility index (Phi) is 4.49. The standard InChI is InChI=1S/C15H20N4S/c1-4-13-17-14(5-2)19(18-13)9-12-7-6-11(15(16)20)8-10(12)3/h6-8H,4-5,9H2,1-3H3,(H2,16,20). The van der Waals surface area contributed by atoms with Crippen LogP contribution in [0, 0.1) is 6.92 Å². The summed E-state index contributed by atoms with van der Waals surface area (Å²) in [4.78, 5) is 4.96. The van der Waals surface area contributed by atoms with Crippen molar-refractivity contribution in [3.05, 3.63) is 46.5 Å². The maximum Gasteiger partial charge on any atom is 0.150 e. The van der Waals surface area contributed by atoms with Crippen molar-refractivity contribution < 1.29 is 0 Å². The molecule has 0 amide bonds. The second kappa shape index (κ2) is 6.13. The van der Waals surface area contributed by atoms with E-state index in [2.05, 4.69) is 36.9 Å². The molecule has 0 saturated heterocycles. The number of aryl methyl sites for hydroxylation is 3. The maximum absolute atomic E-state index is 5.66. The van der Waals surface area contributed by atoms with Crippen LogP contribution >= 0.6 is 12.2 Å². The van der Waals surface area contributed by atoms with E-state index in [1.165, 1.54) is 11.1 Å². The Morgan fingerprint density at radius 2 is 2.05 bits per heavy atom. The topological polar surface area (TPSA) is 56.7 Å². The summed E-state index contributed by atoms with van der Waals surface area (Å²) < 4.78 is 1.99. The zero-order valence-corrected chi connectivity index (χ0v) is 13.0. The van der Waals surface area contributed by atoms with Crippen LogP contribution in [0.15, 0.2) is 18.2 Å². The Balaban J connectivity index is 2.30. The molecule has 4 nitrogen and oxygen atoms in total. The predicted molar refractivity (Wildman–Crippen MR) is 84.9 cm³/mol. The molecule has 0 atom stereocenters. The summed E-state index contributed by atoms with van der Waals surface area (Å²) in [5.74, 6) is 1.93. The lowest BCUT2D eigenvalue weighted by molar-refractivity contribution is 0.635. The van der Waals surface area contributed by atoms with Gasteiger partial charge in [-0.25, -0.2) is 9.67 Å². The van der Waals surface area contributed by atoms with Gasteiger partial charge in [0.1, 0.15) is 10.8 Å². The zero-order chi connectivity index (χ0) is 14.7. The van der Waals surface area contributed by atoms with E-state index in [0.717, 1.165) is 36.6 Å². The number of nitrogens with zero attached hydrogens (tertiary/aromatic N) is 3. The summed E-state index contributed by atoms with van der Waals surface area (Å²) in [5, 5.41) is 4.55. The first kappa shape index (κ1) is 14.7. The lowest BCUT2D eigenvalue weighted by atomic mass is 10.1. The molecular formula is C15H20N4S. The molecule has 0 aliphatic rings. The Bertz CT molecular complexity index is 631. The maximum atomic E-state index is 5.66. The lowest BCUT2D eigenvalue weighted by Crippen LogP contribution is -2.11. The first-order valence-corrected chi connectivity index (χ1v) is 7.27. The third-order valence-corrected chi connectivity index (χ3v) is 3.61. The van der Waals surface area contributed by atoms with Crippen LogP contribution in [0.5, 0.6) is 0 Å². The predicted octanol–water partition coefficient (Wildman–Crippen LogP) is 2.39. The SMILES string of the molecule is CCc1nc(CC)n(Cc2ccc(C(N)=S)cc2C)n1. The molecule has 0 bridgehead atoms. The summed E-state index contributed by atoms with van der Waals surface area (Å²) in [6.45, 7) is 6.98. The molecule has 5 heteroatoms. The minimum Gasteiger partial charge on any atom is -0.389 e. The molecule has 0 aliphatic carbocycles. The second-order valence-electron chi connectivity index (χ2n) is 4.81. The molecule has 2 rings (SSSR count). The van der Waals surface area contributed by atoms with Gasteiger partial charge in [0.2, 0.25) is 0 Å². The number of rotatable bonds is 5. The highest BCUT2D eigenvalue weighted by Gasteiger charge is 2.09. The molecule has 106 valence electrons. The quantitative estimate of drug-likeness (QED) is 0.858. The van der Waals surface area contributed by atoms with Crippen molar-refractivity contribution in [1.82, 2.24) is 14.8 Å². The van der Waals surface area contributed by atoms with Crippen LogP contribution < -0.4 is 5.73 Å². The summed E-state index contributed by atoms with van der Waals surface area (Å²) in [6.07, 6.45) is 1.75. The Morgan fingerprint density at radius 1 is 1.30 bits per heavy atom. The van der Waals surface area contributed by atoms with E-state index >= 15 is 0 Å². The lowest BCUT2D eigenvalue weighted by Gasteiger charge is -2.09. The van der Waals surface area contributed by atoms with Gasteiger partial charge in [-0.15, -0.1) is 0 Å². The normalized spacial score (nSPS) is 10.8. The van der Waals surface area contributed by atoms with E-state index in [9.17, 15) is 0 Å².